The molecule has 2 aromatic heterocycles. The first-order valence-electron chi connectivity index (χ1n) is 7.42. The molecule has 20 heavy (non-hydrogen) atoms. The van der Waals surface area contributed by atoms with Crippen molar-refractivity contribution in [3.8, 4) is 0 Å². The van der Waals surface area contributed by atoms with Crippen molar-refractivity contribution >= 4 is 16.9 Å². The fourth-order valence-electron chi connectivity index (χ4n) is 2.94. The van der Waals surface area contributed by atoms with Gasteiger partial charge in [0, 0.05) is 19.8 Å². The second-order valence-electron chi connectivity index (χ2n) is 5.84. The van der Waals surface area contributed by atoms with Crippen LogP contribution in [0.3, 0.4) is 0 Å². The number of aromatic nitrogens is 3. The predicted octanol–water partition coefficient (Wildman–Crippen LogP) is 2.11. The maximum absolute atomic E-state index is 4.42. The van der Waals surface area contributed by atoms with Gasteiger partial charge in [-0.25, -0.2) is 9.97 Å². The summed E-state index contributed by atoms with van der Waals surface area (Å²) in [6.45, 7) is 3.45. The molecule has 108 valence electrons. The number of hydrogen-bond acceptors (Lipinski definition) is 4. The lowest BCUT2D eigenvalue weighted by atomic mass is 9.94. The zero-order chi connectivity index (χ0) is 13.9. The van der Waals surface area contributed by atoms with E-state index in [1.807, 2.05) is 30.2 Å². The Morgan fingerprint density at radius 2 is 2.05 bits per heavy atom. The van der Waals surface area contributed by atoms with E-state index in [-0.39, 0.29) is 0 Å². The molecule has 1 aliphatic rings. The molecule has 1 saturated heterocycles. The van der Waals surface area contributed by atoms with Gasteiger partial charge in [-0.2, -0.15) is 0 Å². The first-order chi connectivity index (χ1) is 9.74. The minimum absolute atomic E-state index is 0.849. The molecular formula is C15H23N5. The second kappa shape index (κ2) is 5.79. The number of anilines is 1. The Hall–Kier alpha value is -1.62. The Morgan fingerprint density at radius 1 is 1.25 bits per heavy atom. The molecule has 0 atom stereocenters. The highest BCUT2D eigenvalue weighted by Crippen LogP contribution is 2.21. The number of pyridine rings is 1. The van der Waals surface area contributed by atoms with Gasteiger partial charge in [-0.1, -0.05) is 0 Å². The van der Waals surface area contributed by atoms with Crippen molar-refractivity contribution in [1.82, 2.24) is 19.4 Å². The average Bonchev–Trinajstić information content (AvgIpc) is 2.84. The fraction of sp³-hybridized carbons (Fsp3) is 0.600. The molecule has 1 fully saturated rings. The van der Waals surface area contributed by atoms with Gasteiger partial charge in [-0.3, -0.25) is 0 Å². The molecule has 3 heterocycles. The summed E-state index contributed by atoms with van der Waals surface area (Å²) in [6, 6.07) is 2.00. The van der Waals surface area contributed by atoms with E-state index in [0.717, 1.165) is 29.3 Å². The predicted molar refractivity (Wildman–Crippen MR) is 81.8 cm³/mol. The highest BCUT2D eigenvalue weighted by molar-refractivity contribution is 5.85. The summed E-state index contributed by atoms with van der Waals surface area (Å²) in [5.74, 6) is 1.76. The lowest BCUT2D eigenvalue weighted by Crippen LogP contribution is -2.30. The number of piperidine rings is 1. The molecule has 0 bridgehead atoms. The van der Waals surface area contributed by atoms with Gasteiger partial charge in [-0.05, 0) is 51.4 Å². The minimum Gasteiger partial charge on any atom is -0.368 e. The summed E-state index contributed by atoms with van der Waals surface area (Å²) >= 11 is 0. The molecular weight excluding hydrogens is 250 g/mol. The second-order valence-corrected chi connectivity index (χ2v) is 5.84. The largest absolute Gasteiger partial charge is 0.368 e. The normalized spacial score (nSPS) is 17.7. The van der Waals surface area contributed by atoms with Crippen LogP contribution in [0.5, 0.6) is 0 Å². The third-order valence-electron chi connectivity index (χ3n) is 4.33. The molecule has 0 aliphatic carbocycles. The Labute approximate surface area is 120 Å². The van der Waals surface area contributed by atoms with Crippen molar-refractivity contribution in [2.75, 3.05) is 32.0 Å². The molecule has 1 N–H and O–H groups in total. The van der Waals surface area contributed by atoms with E-state index in [9.17, 15) is 0 Å². The summed E-state index contributed by atoms with van der Waals surface area (Å²) in [5, 5.41) is 3.46. The van der Waals surface area contributed by atoms with Crippen LogP contribution in [0.4, 0.5) is 5.82 Å². The van der Waals surface area contributed by atoms with Crippen molar-refractivity contribution in [3.63, 3.8) is 0 Å². The van der Waals surface area contributed by atoms with Crippen LogP contribution < -0.4 is 5.32 Å². The van der Waals surface area contributed by atoms with E-state index in [1.165, 1.54) is 32.4 Å². The number of nitrogens with one attached hydrogen (secondary N) is 1. The summed E-state index contributed by atoms with van der Waals surface area (Å²) < 4.78 is 2.03. The van der Waals surface area contributed by atoms with Crippen molar-refractivity contribution in [2.45, 2.75) is 19.3 Å². The number of hydrogen-bond donors (Lipinski definition) is 1. The number of rotatable bonds is 4. The monoisotopic (exact) mass is 273 g/mol. The molecule has 2 aromatic rings. The standard InChI is InChI=1S/C15H23N5/c1-19-9-5-12(6-10-19)3-7-16-15-14-13(4-8-17-15)20(2)11-18-14/h4,8,11-12H,3,5-7,9-10H2,1-2H3,(H,16,17). The van der Waals surface area contributed by atoms with Gasteiger partial charge in [0.1, 0.15) is 5.52 Å². The topological polar surface area (TPSA) is 46.0 Å². The maximum Gasteiger partial charge on any atom is 0.154 e. The summed E-state index contributed by atoms with van der Waals surface area (Å²) in [5.41, 5.74) is 2.10. The Kier molecular flexibility index (Phi) is 3.87. The summed E-state index contributed by atoms with van der Waals surface area (Å²) in [4.78, 5) is 11.3. The van der Waals surface area contributed by atoms with Gasteiger partial charge in [0.2, 0.25) is 0 Å². The zero-order valence-electron chi connectivity index (χ0n) is 12.3. The SMILES string of the molecule is CN1CCC(CCNc2nccc3c2ncn3C)CC1. The van der Waals surface area contributed by atoms with Crippen LogP contribution in [0.2, 0.25) is 0 Å². The highest BCUT2D eigenvalue weighted by atomic mass is 15.1. The van der Waals surface area contributed by atoms with Crippen molar-refractivity contribution in [1.29, 1.82) is 0 Å². The number of imidazole rings is 1. The lowest BCUT2D eigenvalue weighted by molar-refractivity contribution is 0.215. The number of aryl methyl sites for hydroxylation is 1. The third kappa shape index (κ3) is 2.77. The number of fused-ring (bicyclic) bond motifs is 1. The minimum atomic E-state index is 0.849. The third-order valence-corrected chi connectivity index (χ3v) is 4.33. The Bertz CT molecular complexity index is 569. The Morgan fingerprint density at radius 3 is 2.85 bits per heavy atom. The van der Waals surface area contributed by atoms with Gasteiger partial charge in [0.15, 0.2) is 5.82 Å². The Balaban J connectivity index is 1.57. The van der Waals surface area contributed by atoms with Crippen LogP contribution >= 0.6 is 0 Å². The molecule has 5 nitrogen and oxygen atoms in total. The van der Waals surface area contributed by atoms with Gasteiger partial charge < -0.3 is 14.8 Å². The molecule has 0 saturated carbocycles. The van der Waals surface area contributed by atoms with Crippen LogP contribution in [0.25, 0.3) is 11.0 Å². The molecule has 3 rings (SSSR count). The first-order valence-corrected chi connectivity index (χ1v) is 7.42. The number of nitrogens with zero attached hydrogens (tertiary/aromatic N) is 4. The fourth-order valence-corrected chi connectivity index (χ4v) is 2.94. The van der Waals surface area contributed by atoms with E-state index >= 15 is 0 Å². The molecule has 0 amide bonds. The molecule has 5 heteroatoms. The van der Waals surface area contributed by atoms with Crippen LogP contribution in [0.1, 0.15) is 19.3 Å². The molecule has 0 spiro atoms. The zero-order valence-corrected chi connectivity index (χ0v) is 12.3. The number of likely N-dealkylation sites (tertiary alicyclic amines) is 1. The average molecular weight is 273 g/mol. The van der Waals surface area contributed by atoms with Crippen LogP contribution in [0, 0.1) is 5.92 Å². The van der Waals surface area contributed by atoms with Crippen LogP contribution in [-0.2, 0) is 7.05 Å². The van der Waals surface area contributed by atoms with Gasteiger partial charge in [0.05, 0.1) is 11.8 Å². The highest BCUT2D eigenvalue weighted by Gasteiger charge is 2.16. The van der Waals surface area contributed by atoms with E-state index in [0.29, 0.717) is 0 Å². The van der Waals surface area contributed by atoms with Gasteiger partial charge >= 0.3 is 0 Å². The van der Waals surface area contributed by atoms with Crippen molar-refractivity contribution in [3.05, 3.63) is 18.6 Å². The van der Waals surface area contributed by atoms with Gasteiger partial charge in [0.25, 0.3) is 0 Å². The molecule has 0 aromatic carbocycles. The van der Waals surface area contributed by atoms with Gasteiger partial charge in [-0.15, -0.1) is 0 Å². The maximum atomic E-state index is 4.42. The van der Waals surface area contributed by atoms with E-state index in [2.05, 4.69) is 27.2 Å². The van der Waals surface area contributed by atoms with Crippen molar-refractivity contribution < 1.29 is 0 Å². The molecule has 0 unspecified atom stereocenters. The first kappa shape index (κ1) is 13.4. The quantitative estimate of drug-likeness (QED) is 0.927. The van der Waals surface area contributed by atoms with Crippen LogP contribution in [0.15, 0.2) is 18.6 Å². The van der Waals surface area contributed by atoms with E-state index in [1.54, 1.807) is 0 Å². The summed E-state index contributed by atoms with van der Waals surface area (Å²) in [6.07, 6.45) is 7.55. The van der Waals surface area contributed by atoms with E-state index in [4.69, 9.17) is 0 Å². The lowest BCUT2D eigenvalue weighted by Gasteiger charge is -2.28. The molecule has 0 radical (unpaired) electrons. The van der Waals surface area contributed by atoms with Crippen molar-refractivity contribution in [2.24, 2.45) is 13.0 Å². The van der Waals surface area contributed by atoms with Crippen LogP contribution in [-0.4, -0.2) is 46.1 Å². The summed E-state index contributed by atoms with van der Waals surface area (Å²) in [7, 11) is 4.22. The van der Waals surface area contributed by atoms with E-state index < -0.39 is 0 Å². The molecule has 1 aliphatic heterocycles. The smallest absolute Gasteiger partial charge is 0.154 e.